The van der Waals surface area contributed by atoms with Crippen molar-refractivity contribution in [3.63, 3.8) is 0 Å². The number of benzene rings is 1. The number of ether oxygens (including phenoxy) is 2. The molecule has 0 spiro atoms. The van der Waals surface area contributed by atoms with Gasteiger partial charge in [-0.1, -0.05) is 0 Å². The highest BCUT2D eigenvalue weighted by Gasteiger charge is 2.16. The average Bonchev–Trinajstić information content (AvgIpc) is 3.12. The van der Waals surface area contributed by atoms with Gasteiger partial charge < -0.3 is 19.1 Å². The number of rotatable bonds is 6. The van der Waals surface area contributed by atoms with E-state index in [9.17, 15) is 19.5 Å². The molecule has 28 heavy (non-hydrogen) atoms. The van der Waals surface area contributed by atoms with Gasteiger partial charge in [-0.15, -0.1) is 0 Å². The van der Waals surface area contributed by atoms with Gasteiger partial charge in [-0.3, -0.25) is 13.9 Å². The third kappa shape index (κ3) is 3.54. The normalized spacial score (nSPS) is 12.1. The number of aliphatic hydroxyl groups excluding tert-OH is 1. The molecule has 0 radical (unpaired) electrons. The minimum Gasteiger partial charge on any atom is -0.491 e. The summed E-state index contributed by atoms with van der Waals surface area (Å²) in [6.07, 6.45) is 0.472. The van der Waals surface area contributed by atoms with Gasteiger partial charge in [-0.05, 0) is 24.3 Å². The minimum atomic E-state index is -0.931. The van der Waals surface area contributed by atoms with Crippen LogP contribution in [-0.4, -0.2) is 49.6 Å². The highest BCUT2D eigenvalue weighted by molar-refractivity contribution is 5.89. The maximum atomic E-state index is 12.4. The number of nitrogens with zero attached hydrogens (tertiary/aromatic N) is 4. The molecule has 1 aromatic carbocycles. The van der Waals surface area contributed by atoms with E-state index in [0.717, 1.165) is 4.57 Å². The van der Waals surface area contributed by atoms with Crippen LogP contribution >= 0.6 is 0 Å². The molecule has 0 aliphatic rings. The third-order valence-corrected chi connectivity index (χ3v) is 4.34. The van der Waals surface area contributed by atoms with Crippen molar-refractivity contribution in [2.75, 3.05) is 13.7 Å². The van der Waals surface area contributed by atoms with Gasteiger partial charge in [0.05, 0.1) is 25.5 Å². The Morgan fingerprint density at radius 3 is 2.50 bits per heavy atom. The summed E-state index contributed by atoms with van der Waals surface area (Å²) in [5.74, 6) is 0.0232. The van der Waals surface area contributed by atoms with Crippen LogP contribution in [0.2, 0.25) is 0 Å². The van der Waals surface area contributed by atoms with Gasteiger partial charge >= 0.3 is 11.7 Å². The molecule has 0 aliphatic carbocycles. The van der Waals surface area contributed by atoms with Crippen LogP contribution in [0.15, 0.2) is 40.2 Å². The number of aliphatic hydroxyl groups is 1. The Kier molecular flexibility index (Phi) is 5.32. The van der Waals surface area contributed by atoms with Crippen LogP contribution in [0.1, 0.15) is 10.4 Å². The summed E-state index contributed by atoms with van der Waals surface area (Å²) in [5.41, 5.74) is -0.0865. The van der Waals surface area contributed by atoms with E-state index in [4.69, 9.17) is 4.74 Å². The molecule has 10 nitrogen and oxygen atoms in total. The van der Waals surface area contributed by atoms with Crippen molar-refractivity contribution in [1.29, 1.82) is 0 Å². The topological polar surface area (TPSA) is 118 Å². The van der Waals surface area contributed by atoms with E-state index in [-0.39, 0.29) is 24.3 Å². The molecule has 1 N–H and O–H groups in total. The van der Waals surface area contributed by atoms with Crippen molar-refractivity contribution in [2.45, 2.75) is 12.6 Å². The first-order valence-corrected chi connectivity index (χ1v) is 8.43. The number of aryl methyl sites for hydroxylation is 1. The molecule has 0 fully saturated rings. The number of methoxy groups -OCH3 is 1. The number of esters is 1. The van der Waals surface area contributed by atoms with Gasteiger partial charge in [0.1, 0.15) is 18.5 Å². The van der Waals surface area contributed by atoms with E-state index in [1.54, 1.807) is 24.3 Å². The highest BCUT2D eigenvalue weighted by atomic mass is 16.5. The zero-order valence-electron chi connectivity index (χ0n) is 15.7. The number of hydrogen-bond donors (Lipinski definition) is 1. The van der Waals surface area contributed by atoms with Crippen LogP contribution < -0.4 is 16.0 Å². The van der Waals surface area contributed by atoms with Crippen molar-refractivity contribution in [3.05, 3.63) is 57.0 Å². The molecule has 148 valence electrons. The zero-order chi connectivity index (χ0) is 20.4. The summed E-state index contributed by atoms with van der Waals surface area (Å²) in [6.45, 7) is 0.0213. The molecular weight excluding hydrogens is 368 g/mol. The van der Waals surface area contributed by atoms with Gasteiger partial charge in [0, 0.05) is 14.1 Å². The Morgan fingerprint density at radius 2 is 1.86 bits per heavy atom. The van der Waals surface area contributed by atoms with E-state index in [2.05, 4.69) is 9.72 Å². The van der Waals surface area contributed by atoms with Gasteiger partial charge in [0.2, 0.25) is 0 Å². The number of hydrogen-bond acceptors (Lipinski definition) is 7. The molecular formula is C18H20N4O6. The van der Waals surface area contributed by atoms with Crippen LogP contribution in [-0.2, 0) is 25.4 Å². The predicted octanol–water partition coefficient (Wildman–Crippen LogP) is -0.340. The highest BCUT2D eigenvalue weighted by Crippen LogP contribution is 2.14. The van der Waals surface area contributed by atoms with Gasteiger partial charge in [0.25, 0.3) is 5.56 Å². The van der Waals surface area contributed by atoms with Crippen LogP contribution in [0.3, 0.4) is 0 Å². The summed E-state index contributed by atoms with van der Waals surface area (Å²) in [4.78, 5) is 39.9. The second-order valence-corrected chi connectivity index (χ2v) is 6.26. The molecule has 3 aromatic rings. The fourth-order valence-corrected chi connectivity index (χ4v) is 2.81. The smallest absolute Gasteiger partial charge is 0.337 e. The van der Waals surface area contributed by atoms with E-state index in [1.165, 1.54) is 36.7 Å². The van der Waals surface area contributed by atoms with Crippen LogP contribution in [0, 0.1) is 0 Å². The number of aromatic nitrogens is 4. The Balaban J connectivity index is 1.72. The number of imidazole rings is 1. The van der Waals surface area contributed by atoms with Gasteiger partial charge in [-0.2, -0.15) is 0 Å². The SMILES string of the molecule is COC(=O)c1ccc(OCC(O)Cn2cnc3c2c(=O)n(C)c(=O)n3C)cc1. The molecule has 2 aromatic heterocycles. The van der Waals surface area contributed by atoms with Gasteiger partial charge in [0.15, 0.2) is 11.2 Å². The quantitative estimate of drug-likeness (QED) is 0.574. The maximum absolute atomic E-state index is 12.4. The Bertz CT molecular complexity index is 1130. The lowest BCUT2D eigenvalue weighted by Gasteiger charge is -2.14. The molecule has 2 heterocycles. The first-order chi connectivity index (χ1) is 13.3. The molecule has 0 bridgehead atoms. The third-order valence-electron chi connectivity index (χ3n) is 4.34. The first kappa shape index (κ1) is 19.4. The Hall–Kier alpha value is -3.40. The number of carbonyl (C=O) groups excluding carboxylic acids is 1. The fourth-order valence-electron chi connectivity index (χ4n) is 2.81. The second kappa shape index (κ2) is 7.69. The summed E-state index contributed by atoms with van der Waals surface area (Å²) in [5, 5.41) is 10.3. The van der Waals surface area contributed by atoms with E-state index < -0.39 is 23.3 Å². The molecule has 0 aliphatic heterocycles. The van der Waals surface area contributed by atoms with E-state index in [0.29, 0.717) is 11.3 Å². The predicted molar refractivity (Wildman–Crippen MR) is 99.5 cm³/mol. The lowest BCUT2D eigenvalue weighted by atomic mass is 10.2. The van der Waals surface area contributed by atoms with Crippen molar-refractivity contribution in [1.82, 2.24) is 18.7 Å². The van der Waals surface area contributed by atoms with Gasteiger partial charge in [-0.25, -0.2) is 14.6 Å². The molecule has 10 heteroatoms. The lowest BCUT2D eigenvalue weighted by Crippen LogP contribution is -2.38. The summed E-state index contributed by atoms with van der Waals surface area (Å²) >= 11 is 0. The maximum Gasteiger partial charge on any atom is 0.337 e. The molecule has 0 amide bonds. The summed E-state index contributed by atoms with van der Waals surface area (Å²) in [6, 6.07) is 6.30. The van der Waals surface area contributed by atoms with Crippen molar-refractivity contribution >= 4 is 17.1 Å². The zero-order valence-corrected chi connectivity index (χ0v) is 15.7. The Labute approximate surface area is 159 Å². The van der Waals surface area contributed by atoms with Crippen LogP contribution in [0.4, 0.5) is 0 Å². The standard InChI is InChI=1S/C18H20N4O6/c1-20-15-14(16(24)21(2)18(20)26)22(10-19-15)8-12(23)9-28-13-6-4-11(5-7-13)17(25)27-3/h4-7,10,12,23H,8-9H2,1-3H3. The number of carbonyl (C=O) groups is 1. The largest absolute Gasteiger partial charge is 0.491 e. The molecule has 1 atom stereocenters. The minimum absolute atomic E-state index is 0.0384. The first-order valence-electron chi connectivity index (χ1n) is 8.43. The fraction of sp³-hybridized carbons (Fsp3) is 0.333. The Morgan fingerprint density at radius 1 is 1.18 bits per heavy atom. The monoisotopic (exact) mass is 388 g/mol. The summed E-state index contributed by atoms with van der Waals surface area (Å²) < 4.78 is 13.9. The van der Waals surface area contributed by atoms with Crippen molar-refractivity contribution in [2.24, 2.45) is 14.1 Å². The molecule has 0 saturated heterocycles. The van der Waals surface area contributed by atoms with Crippen molar-refractivity contribution < 1.29 is 19.4 Å². The van der Waals surface area contributed by atoms with E-state index >= 15 is 0 Å². The van der Waals surface area contributed by atoms with Crippen molar-refractivity contribution in [3.8, 4) is 5.75 Å². The molecule has 1 unspecified atom stereocenters. The molecule has 0 saturated carbocycles. The van der Waals surface area contributed by atoms with E-state index in [1.807, 2.05) is 0 Å². The van der Waals surface area contributed by atoms with Crippen LogP contribution in [0.5, 0.6) is 5.75 Å². The second-order valence-electron chi connectivity index (χ2n) is 6.26. The number of fused-ring (bicyclic) bond motifs is 1. The van der Waals surface area contributed by atoms with Crippen LogP contribution in [0.25, 0.3) is 11.2 Å². The lowest BCUT2D eigenvalue weighted by molar-refractivity contribution is 0.0600. The average molecular weight is 388 g/mol. The summed E-state index contributed by atoms with van der Waals surface area (Å²) in [7, 11) is 4.21. The molecule has 3 rings (SSSR count).